The lowest BCUT2D eigenvalue weighted by Gasteiger charge is -2.17. The van der Waals surface area contributed by atoms with Crippen LogP contribution in [0.1, 0.15) is 32.3 Å². The van der Waals surface area contributed by atoms with Crippen LogP contribution in [0.15, 0.2) is 18.2 Å². The van der Waals surface area contributed by atoms with Gasteiger partial charge in [0.25, 0.3) is 0 Å². The van der Waals surface area contributed by atoms with Gasteiger partial charge in [-0.1, -0.05) is 19.9 Å². The highest BCUT2D eigenvalue weighted by atomic mass is 19.1. The molecule has 1 aromatic carbocycles. The molecule has 1 heterocycles. The van der Waals surface area contributed by atoms with E-state index in [-0.39, 0.29) is 11.7 Å². The monoisotopic (exact) mass is 264 g/mol. The molecule has 0 unspecified atom stereocenters. The van der Waals surface area contributed by atoms with Crippen molar-refractivity contribution in [3.8, 4) is 0 Å². The maximum Gasteiger partial charge on any atom is 0.227 e. The lowest BCUT2D eigenvalue weighted by atomic mass is 10.1. The molecule has 1 aromatic rings. The van der Waals surface area contributed by atoms with Gasteiger partial charge in [-0.15, -0.1) is 0 Å². The van der Waals surface area contributed by atoms with E-state index in [9.17, 15) is 9.18 Å². The molecular formula is C15H21FN2O. The topological polar surface area (TPSA) is 32.3 Å². The SMILES string of the molecule is CC(C)NCCCC(=O)N1CCc2ccc(F)cc21. The summed E-state index contributed by atoms with van der Waals surface area (Å²) in [5, 5.41) is 3.29. The van der Waals surface area contributed by atoms with E-state index in [2.05, 4.69) is 19.2 Å². The van der Waals surface area contributed by atoms with Crippen molar-refractivity contribution in [3.05, 3.63) is 29.6 Å². The highest BCUT2D eigenvalue weighted by molar-refractivity contribution is 5.95. The largest absolute Gasteiger partial charge is 0.315 e. The van der Waals surface area contributed by atoms with Gasteiger partial charge < -0.3 is 10.2 Å². The lowest BCUT2D eigenvalue weighted by molar-refractivity contribution is -0.118. The predicted molar refractivity (Wildman–Crippen MR) is 74.8 cm³/mol. The van der Waals surface area contributed by atoms with Gasteiger partial charge in [-0.25, -0.2) is 4.39 Å². The molecule has 1 aliphatic heterocycles. The minimum Gasteiger partial charge on any atom is -0.315 e. The van der Waals surface area contributed by atoms with Crippen molar-refractivity contribution in [2.24, 2.45) is 0 Å². The number of fused-ring (bicyclic) bond motifs is 1. The second kappa shape index (κ2) is 6.15. The van der Waals surface area contributed by atoms with Crippen molar-refractivity contribution in [2.45, 2.75) is 39.2 Å². The Morgan fingerprint density at radius 2 is 2.26 bits per heavy atom. The Kier molecular flexibility index (Phi) is 4.53. The average Bonchev–Trinajstić information content (AvgIpc) is 2.77. The zero-order valence-corrected chi connectivity index (χ0v) is 11.6. The molecule has 0 bridgehead atoms. The number of halogens is 1. The van der Waals surface area contributed by atoms with Crippen LogP contribution in [0.25, 0.3) is 0 Å². The quantitative estimate of drug-likeness (QED) is 0.829. The van der Waals surface area contributed by atoms with Gasteiger partial charge in [0.2, 0.25) is 5.91 Å². The summed E-state index contributed by atoms with van der Waals surface area (Å²) in [5.41, 5.74) is 1.82. The number of carbonyl (C=O) groups excluding carboxylic acids is 1. The van der Waals surface area contributed by atoms with Gasteiger partial charge in [0.1, 0.15) is 5.82 Å². The van der Waals surface area contributed by atoms with Crippen LogP contribution in [-0.2, 0) is 11.2 Å². The van der Waals surface area contributed by atoms with Crippen LogP contribution in [0.4, 0.5) is 10.1 Å². The van der Waals surface area contributed by atoms with Gasteiger partial charge >= 0.3 is 0 Å². The third kappa shape index (κ3) is 3.53. The molecule has 19 heavy (non-hydrogen) atoms. The number of anilines is 1. The Morgan fingerprint density at radius 1 is 1.47 bits per heavy atom. The molecule has 104 valence electrons. The summed E-state index contributed by atoms with van der Waals surface area (Å²) in [6.45, 7) is 5.69. The van der Waals surface area contributed by atoms with Crippen LogP contribution in [0.2, 0.25) is 0 Å². The summed E-state index contributed by atoms with van der Waals surface area (Å²) >= 11 is 0. The Bertz CT molecular complexity index is 459. The normalized spacial score (nSPS) is 14.0. The van der Waals surface area contributed by atoms with E-state index >= 15 is 0 Å². The number of nitrogens with one attached hydrogen (secondary N) is 1. The highest BCUT2D eigenvalue weighted by Gasteiger charge is 2.24. The van der Waals surface area contributed by atoms with Crippen LogP contribution in [-0.4, -0.2) is 25.0 Å². The third-order valence-electron chi connectivity index (χ3n) is 3.36. The molecule has 1 amide bonds. The van der Waals surface area contributed by atoms with Gasteiger partial charge in [-0.05, 0) is 37.1 Å². The Hall–Kier alpha value is -1.42. The number of amides is 1. The summed E-state index contributed by atoms with van der Waals surface area (Å²) in [5.74, 6) is -0.185. The van der Waals surface area contributed by atoms with Crippen molar-refractivity contribution in [1.29, 1.82) is 0 Å². The average molecular weight is 264 g/mol. The summed E-state index contributed by atoms with van der Waals surface area (Å²) in [7, 11) is 0. The van der Waals surface area contributed by atoms with E-state index in [0.717, 1.165) is 30.6 Å². The highest BCUT2D eigenvalue weighted by Crippen LogP contribution is 2.29. The van der Waals surface area contributed by atoms with Crippen molar-refractivity contribution in [1.82, 2.24) is 5.32 Å². The molecule has 0 radical (unpaired) electrons. The molecule has 1 aliphatic rings. The van der Waals surface area contributed by atoms with Gasteiger partial charge in [0.15, 0.2) is 0 Å². The van der Waals surface area contributed by atoms with Gasteiger partial charge in [0.05, 0.1) is 0 Å². The minimum absolute atomic E-state index is 0.0925. The van der Waals surface area contributed by atoms with Crippen molar-refractivity contribution < 1.29 is 9.18 Å². The Labute approximate surface area is 113 Å². The van der Waals surface area contributed by atoms with Crippen LogP contribution in [0.3, 0.4) is 0 Å². The van der Waals surface area contributed by atoms with Crippen molar-refractivity contribution in [3.63, 3.8) is 0 Å². The maximum absolute atomic E-state index is 13.2. The molecule has 0 aromatic heterocycles. The predicted octanol–water partition coefficient (Wildman–Crippen LogP) is 2.49. The smallest absolute Gasteiger partial charge is 0.227 e. The first-order valence-electron chi connectivity index (χ1n) is 6.90. The molecule has 2 rings (SSSR count). The Balaban J connectivity index is 1.90. The third-order valence-corrected chi connectivity index (χ3v) is 3.36. The molecule has 0 aliphatic carbocycles. The fourth-order valence-corrected chi connectivity index (χ4v) is 2.38. The summed E-state index contributed by atoms with van der Waals surface area (Å²) in [6.07, 6.45) is 2.15. The standard InChI is InChI=1S/C15H21FN2O/c1-11(2)17-8-3-4-15(19)18-9-7-12-5-6-13(16)10-14(12)18/h5-6,10-11,17H,3-4,7-9H2,1-2H3. The number of nitrogens with zero attached hydrogens (tertiary/aromatic N) is 1. The van der Waals surface area contributed by atoms with Crippen LogP contribution in [0, 0.1) is 5.82 Å². The zero-order valence-electron chi connectivity index (χ0n) is 11.6. The molecule has 1 N–H and O–H groups in total. The zero-order chi connectivity index (χ0) is 13.8. The van der Waals surface area contributed by atoms with E-state index in [0.29, 0.717) is 19.0 Å². The first-order valence-corrected chi connectivity index (χ1v) is 6.90. The fraction of sp³-hybridized carbons (Fsp3) is 0.533. The molecule has 0 atom stereocenters. The number of hydrogen-bond acceptors (Lipinski definition) is 2. The second-order valence-corrected chi connectivity index (χ2v) is 5.28. The van der Waals surface area contributed by atoms with Crippen molar-refractivity contribution >= 4 is 11.6 Å². The molecule has 0 saturated carbocycles. The maximum atomic E-state index is 13.2. The molecule has 0 spiro atoms. The van der Waals surface area contributed by atoms with Crippen molar-refractivity contribution in [2.75, 3.05) is 18.0 Å². The first-order chi connectivity index (χ1) is 9.08. The van der Waals surface area contributed by atoms with E-state index in [1.165, 1.54) is 12.1 Å². The van der Waals surface area contributed by atoms with E-state index in [1.807, 2.05) is 0 Å². The number of hydrogen-bond donors (Lipinski definition) is 1. The molecule has 3 nitrogen and oxygen atoms in total. The number of rotatable bonds is 5. The van der Waals surface area contributed by atoms with Gasteiger partial charge in [-0.3, -0.25) is 4.79 Å². The summed E-state index contributed by atoms with van der Waals surface area (Å²) < 4.78 is 13.2. The van der Waals surface area contributed by atoms with Crippen LogP contribution >= 0.6 is 0 Å². The van der Waals surface area contributed by atoms with Gasteiger partial charge in [-0.2, -0.15) is 0 Å². The molecule has 0 saturated heterocycles. The molecule has 0 fully saturated rings. The number of carbonyl (C=O) groups is 1. The molecule has 4 heteroatoms. The summed E-state index contributed by atoms with van der Waals surface area (Å²) in [4.78, 5) is 13.9. The first kappa shape index (κ1) is 14.0. The van der Waals surface area contributed by atoms with E-state index < -0.39 is 0 Å². The van der Waals surface area contributed by atoms with Crippen LogP contribution < -0.4 is 10.2 Å². The van der Waals surface area contributed by atoms with E-state index in [1.54, 1.807) is 11.0 Å². The second-order valence-electron chi connectivity index (χ2n) is 5.28. The van der Waals surface area contributed by atoms with Crippen LogP contribution in [0.5, 0.6) is 0 Å². The van der Waals surface area contributed by atoms with E-state index in [4.69, 9.17) is 0 Å². The fourth-order valence-electron chi connectivity index (χ4n) is 2.38. The molecular weight excluding hydrogens is 243 g/mol. The number of benzene rings is 1. The lowest BCUT2D eigenvalue weighted by Crippen LogP contribution is -2.30. The minimum atomic E-state index is -0.278. The Morgan fingerprint density at radius 3 is 3.00 bits per heavy atom. The summed E-state index contributed by atoms with van der Waals surface area (Å²) in [6, 6.07) is 5.14. The van der Waals surface area contributed by atoms with Gasteiger partial charge in [0, 0.05) is 24.7 Å².